The van der Waals surface area contributed by atoms with Gasteiger partial charge >= 0.3 is 0 Å². The second kappa shape index (κ2) is 3.75. The molecule has 14 heavy (non-hydrogen) atoms. The molecule has 0 saturated heterocycles. The molecule has 0 unspecified atom stereocenters. The second-order valence-electron chi connectivity index (χ2n) is 3.22. The van der Waals surface area contributed by atoms with Crippen molar-refractivity contribution in [3.63, 3.8) is 0 Å². The van der Waals surface area contributed by atoms with Gasteiger partial charge in [-0.1, -0.05) is 12.1 Å². The van der Waals surface area contributed by atoms with Gasteiger partial charge in [-0.25, -0.2) is 0 Å². The first kappa shape index (κ1) is 9.74. The number of aryl methyl sites for hydroxylation is 1. The maximum absolute atomic E-state index is 5.97. The molecule has 0 spiro atoms. The summed E-state index contributed by atoms with van der Waals surface area (Å²) in [5.74, 6) is 0. The van der Waals surface area contributed by atoms with E-state index in [1.165, 1.54) is 11.1 Å². The monoisotopic (exact) mass is 267 g/mol. The Morgan fingerprint density at radius 2 is 2.00 bits per heavy atom. The van der Waals surface area contributed by atoms with Crippen molar-refractivity contribution in [3.8, 4) is 11.1 Å². The Bertz CT molecular complexity index is 462. The van der Waals surface area contributed by atoms with Crippen LogP contribution in [0.25, 0.3) is 11.1 Å². The summed E-state index contributed by atoms with van der Waals surface area (Å²) in [6.45, 7) is 2.04. The predicted octanol–water partition coefficient (Wildman–Crippen LogP) is 4.07. The Balaban J connectivity index is 2.58. The topological polar surface area (TPSA) is 26.0 Å². The lowest BCUT2D eigenvalue weighted by atomic mass is 10.1. The van der Waals surface area contributed by atoms with Crippen LogP contribution in [0.3, 0.4) is 0 Å². The van der Waals surface area contributed by atoms with Gasteiger partial charge in [-0.05, 0) is 39.9 Å². The fraction of sp³-hybridized carbons (Fsp3) is 0.0909. The zero-order valence-electron chi connectivity index (χ0n) is 7.75. The van der Waals surface area contributed by atoms with Crippen molar-refractivity contribution in [1.29, 1.82) is 0 Å². The van der Waals surface area contributed by atoms with Gasteiger partial charge in [0.15, 0.2) is 0 Å². The van der Waals surface area contributed by atoms with Gasteiger partial charge in [0.1, 0.15) is 0 Å². The van der Waals surface area contributed by atoms with Crippen LogP contribution in [-0.2, 0) is 0 Å². The average molecular weight is 268 g/mol. The zero-order valence-corrected chi connectivity index (χ0v) is 10.2. The number of anilines is 1. The lowest BCUT2D eigenvalue weighted by Gasteiger charge is -2.05. The van der Waals surface area contributed by atoms with Crippen molar-refractivity contribution in [3.05, 3.63) is 39.0 Å². The van der Waals surface area contributed by atoms with Crippen molar-refractivity contribution < 1.29 is 0 Å². The van der Waals surface area contributed by atoms with Gasteiger partial charge in [0.2, 0.25) is 0 Å². The molecule has 1 aromatic carbocycles. The summed E-state index contributed by atoms with van der Waals surface area (Å²) < 4.78 is 1.11. The van der Waals surface area contributed by atoms with Gasteiger partial charge in [-0.15, -0.1) is 0 Å². The summed E-state index contributed by atoms with van der Waals surface area (Å²) >= 11 is 5.18. The van der Waals surface area contributed by atoms with Crippen LogP contribution in [0.15, 0.2) is 33.4 Å². The van der Waals surface area contributed by atoms with Crippen LogP contribution >= 0.6 is 27.3 Å². The molecule has 2 aromatic rings. The van der Waals surface area contributed by atoms with E-state index in [1.54, 1.807) is 11.3 Å². The molecule has 0 atom stereocenters. The number of hydrogen-bond donors (Lipinski definition) is 1. The fourth-order valence-corrected chi connectivity index (χ4v) is 2.91. The Morgan fingerprint density at radius 1 is 1.21 bits per heavy atom. The Labute approximate surface area is 95.7 Å². The molecule has 72 valence electrons. The molecule has 1 heterocycles. The normalized spacial score (nSPS) is 10.4. The molecule has 0 aliphatic rings. The minimum absolute atomic E-state index is 0.837. The molecule has 1 aromatic heterocycles. The van der Waals surface area contributed by atoms with Gasteiger partial charge in [-0.2, -0.15) is 11.3 Å². The molecule has 0 aliphatic heterocycles. The highest BCUT2D eigenvalue weighted by Gasteiger charge is 2.06. The number of rotatable bonds is 1. The van der Waals surface area contributed by atoms with E-state index in [0.29, 0.717) is 0 Å². The lowest BCUT2D eigenvalue weighted by molar-refractivity contribution is 1.47. The Morgan fingerprint density at radius 3 is 2.57 bits per heavy atom. The third-order valence-corrected chi connectivity index (χ3v) is 3.81. The van der Waals surface area contributed by atoms with E-state index >= 15 is 0 Å². The van der Waals surface area contributed by atoms with E-state index in [9.17, 15) is 0 Å². The molecule has 0 saturated carbocycles. The first-order valence-electron chi connectivity index (χ1n) is 4.26. The first-order chi connectivity index (χ1) is 6.68. The Kier molecular flexibility index (Phi) is 2.61. The highest BCUT2D eigenvalue weighted by Crippen LogP contribution is 2.35. The first-order valence-corrected chi connectivity index (χ1v) is 6.00. The largest absolute Gasteiger partial charge is 0.398 e. The van der Waals surface area contributed by atoms with Crippen molar-refractivity contribution in [2.75, 3.05) is 5.73 Å². The van der Waals surface area contributed by atoms with E-state index in [2.05, 4.69) is 38.8 Å². The van der Waals surface area contributed by atoms with E-state index in [-0.39, 0.29) is 0 Å². The summed E-state index contributed by atoms with van der Waals surface area (Å²) in [7, 11) is 0. The van der Waals surface area contributed by atoms with Crippen LogP contribution in [-0.4, -0.2) is 0 Å². The molecule has 0 radical (unpaired) electrons. The molecule has 0 amide bonds. The number of nitrogen functional groups attached to an aromatic ring is 1. The van der Waals surface area contributed by atoms with Crippen molar-refractivity contribution >= 4 is 33.0 Å². The number of nitrogens with two attached hydrogens (primary N) is 1. The summed E-state index contributed by atoms with van der Waals surface area (Å²) in [6.07, 6.45) is 0. The predicted molar refractivity (Wildman–Crippen MR) is 66.6 cm³/mol. The summed E-state index contributed by atoms with van der Waals surface area (Å²) in [4.78, 5) is 0. The van der Waals surface area contributed by atoms with E-state index in [1.807, 2.05) is 13.0 Å². The van der Waals surface area contributed by atoms with Crippen LogP contribution in [0.5, 0.6) is 0 Å². The molecular formula is C11H10BrNS. The molecule has 1 nitrogen and oxygen atoms in total. The second-order valence-corrected chi connectivity index (χ2v) is 4.82. The highest BCUT2D eigenvalue weighted by molar-refractivity contribution is 9.10. The molecule has 0 fully saturated rings. The average Bonchev–Trinajstić information content (AvgIpc) is 2.52. The molecule has 3 heteroatoms. The van der Waals surface area contributed by atoms with Crippen LogP contribution in [0.4, 0.5) is 5.69 Å². The van der Waals surface area contributed by atoms with Gasteiger partial charge < -0.3 is 5.73 Å². The van der Waals surface area contributed by atoms with Crippen molar-refractivity contribution in [2.24, 2.45) is 0 Å². The third kappa shape index (κ3) is 1.70. The molecule has 2 rings (SSSR count). The molecule has 0 bridgehead atoms. The molecule has 2 N–H and O–H groups in total. The van der Waals surface area contributed by atoms with Crippen molar-refractivity contribution in [2.45, 2.75) is 6.92 Å². The number of thiophene rings is 1. The minimum Gasteiger partial charge on any atom is -0.398 e. The summed E-state index contributed by atoms with van der Waals surface area (Å²) in [5, 5.41) is 4.17. The zero-order chi connectivity index (χ0) is 10.1. The van der Waals surface area contributed by atoms with E-state index in [4.69, 9.17) is 5.73 Å². The number of halogens is 1. The smallest absolute Gasteiger partial charge is 0.0397 e. The summed E-state index contributed by atoms with van der Waals surface area (Å²) in [6, 6.07) is 6.15. The number of benzene rings is 1. The molecular weight excluding hydrogens is 258 g/mol. The van der Waals surface area contributed by atoms with Gasteiger partial charge in [0, 0.05) is 26.7 Å². The third-order valence-electron chi connectivity index (χ3n) is 2.11. The van der Waals surface area contributed by atoms with Crippen LogP contribution in [0, 0.1) is 6.92 Å². The van der Waals surface area contributed by atoms with E-state index in [0.717, 1.165) is 15.7 Å². The van der Waals surface area contributed by atoms with Gasteiger partial charge in [0.25, 0.3) is 0 Å². The number of hydrogen-bond acceptors (Lipinski definition) is 2. The fourth-order valence-electron chi connectivity index (χ4n) is 1.40. The van der Waals surface area contributed by atoms with Crippen molar-refractivity contribution in [1.82, 2.24) is 0 Å². The van der Waals surface area contributed by atoms with Crippen LogP contribution in [0.2, 0.25) is 0 Å². The molecule has 0 aliphatic carbocycles. The standard InChI is InChI=1S/C11H10BrNS/c1-7-2-3-8(11(13)4-7)9-5-14-6-10(9)12/h2-6H,13H2,1H3. The quantitative estimate of drug-likeness (QED) is 0.775. The lowest BCUT2D eigenvalue weighted by Crippen LogP contribution is -1.90. The highest BCUT2D eigenvalue weighted by atomic mass is 79.9. The Hall–Kier alpha value is -0.800. The van der Waals surface area contributed by atoms with Crippen LogP contribution in [0.1, 0.15) is 5.56 Å². The van der Waals surface area contributed by atoms with Crippen LogP contribution < -0.4 is 5.73 Å². The maximum atomic E-state index is 5.97. The van der Waals surface area contributed by atoms with Gasteiger partial charge in [0.05, 0.1) is 0 Å². The minimum atomic E-state index is 0.837. The van der Waals surface area contributed by atoms with Gasteiger partial charge in [-0.3, -0.25) is 0 Å². The van der Waals surface area contributed by atoms with E-state index < -0.39 is 0 Å². The maximum Gasteiger partial charge on any atom is 0.0397 e. The SMILES string of the molecule is Cc1ccc(-c2cscc2Br)c(N)c1. The summed E-state index contributed by atoms with van der Waals surface area (Å²) in [5.41, 5.74) is 10.3.